The second-order valence-corrected chi connectivity index (χ2v) is 1.87. The summed E-state index contributed by atoms with van der Waals surface area (Å²) in [6, 6.07) is 0. The minimum atomic E-state index is -0.405. The molecule has 0 spiro atoms. The van der Waals surface area contributed by atoms with E-state index in [0.717, 1.165) is 0 Å². The second-order valence-electron chi connectivity index (χ2n) is 0.257. The predicted octanol–water partition coefficient (Wildman–Crippen LogP) is 0.902. The molecule has 0 aliphatic rings. The van der Waals surface area contributed by atoms with Crippen molar-refractivity contribution in [3.8, 4) is 0 Å². The van der Waals surface area contributed by atoms with Gasteiger partial charge in [-0.1, -0.05) is 0 Å². The highest BCUT2D eigenvalue weighted by atomic mass is 32.7. The lowest BCUT2D eigenvalue weighted by atomic mass is 13.7. The molecule has 0 aromatic heterocycles. The number of rotatable bonds is 2. The molecule has 5 heavy (non-hydrogen) atoms. The van der Waals surface area contributed by atoms with Crippen molar-refractivity contribution in [2.24, 2.45) is 4.58 Å². The Morgan fingerprint density at radius 3 is 2.60 bits per heavy atom. The zero-order valence-corrected chi connectivity index (χ0v) is 4.03. The molecule has 3 nitrogen and oxygen atoms in total. The SMILES string of the molecule is O=NSPO. The van der Waals surface area contributed by atoms with Crippen LogP contribution in [0.3, 0.4) is 0 Å². The van der Waals surface area contributed by atoms with Gasteiger partial charge in [-0.15, -0.1) is 4.91 Å². The minimum absolute atomic E-state index is 0.405. The van der Waals surface area contributed by atoms with Gasteiger partial charge in [-0.2, -0.15) is 0 Å². The maximum absolute atomic E-state index is 8.96. The maximum Gasteiger partial charge on any atom is 0.0984 e. The van der Waals surface area contributed by atoms with E-state index < -0.39 is 8.01 Å². The van der Waals surface area contributed by atoms with Crippen LogP contribution in [0.2, 0.25) is 0 Å². The van der Waals surface area contributed by atoms with Crippen LogP contribution < -0.4 is 0 Å². The van der Waals surface area contributed by atoms with E-state index in [4.69, 9.17) is 9.80 Å². The third-order valence-corrected chi connectivity index (χ3v) is 0.703. The monoisotopic (exact) mass is 111 g/mol. The van der Waals surface area contributed by atoms with Crippen molar-refractivity contribution in [2.75, 3.05) is 0 Å². The van der Waals surface area contributed by atoms with Gasteiger partial charge >= 0.3 is 0 Å². The van der Waals surface area contributed by atoms with E-state index in [2.05, 4.69) is 4.58 Å². The van der Waals surface area contributed by atoms with Crippen molar-refractivity contribution in [2.45, 2.75) is 0 Å². The maximum atomic E-state index is 8.96. The van der Waals surface area contributed by atoms with Crippen molar-refractivity contribution in [1.29, 1.82) is 0 Å². The van der Waals surface area contributed by atoms with Crippen LogP contribution in [0.5, 0.6) is 0 Å². The Kier molecular flexibility index (Phi) is 4.64. The number of nitrogens with zero attached hydrogens (tertiary/aromatic N) is 1. The lowest BCUT2D eigenvalue weighted by molar-refractivity contribution is 0.660. The van der Waals surface area contributed by atoms with E-state index in [0.29, 0.717) is 11.6 Å². The first-order chi connectivity index (χ1) is 2.41. The minimum Gasteiger partial charge on any atom is -0.364 e. The molecule has 0 amide bonds. The molecule has 0 bridgehead atoms. The molecule has 0 fully saturated rings. The molecule has 0 saturated heterocycles. The molecule has 30 valence electrons. The fourth-order valence-corrected chi connectivity index (χ4v) is 0.150. The van der Waals surface area contributed by atoms with Gasteiger partial charge < -0.3 is 4.89 Å². The van der Waals surface area contributed by atoms with E-state index in [1.807, 2.05) is 0 Å². The van der Waals surface area contributed by atoms with Crippen LogP contribution in [0.4, 0.5) is 0 Å². The zero-order valence-electron chi connectivity index (χ0n) is 2.21. The summed E-state index contributed by atoms with van der Waals surface area (Å²) in [6.07, 6.45) is 0. The van der Waals surface area contributed by atoms with Crippen molar-refractivity contribution >= 4 is 19.6 Å². The molecule has 0 aromatic rings. The molecule has 0 aliphatic heterocycles. The molecule has 0 aliphatic carbocycles. The molecule has 0 aromatic carbocycles. The lowest BCUT2D eigenvalue weighted by Gasteiger charge is -1.67. The molecule has 0 radical (unpaired) electrons. The van der Waals surface area contributed by atoms with Gasteiger partial charge in [0.1, 0.15) is 0 Å². The molecule has 0 heterocycles. The summed E-state index contributed by atoms with van der Waals surface area (Å²) < 4.78 is 2.28. The Morgan fingerprint density at radius 2 is 2.60 bits per heavy atom. The van der Waals surface area contributed by atoms with Crippen LogP contribution in [0.1, 0.15) is 0 Å². The van der Waals surface area contributed by atoms with E-state index in [-0.39, 0.29) is 0 Å². The summed E-state index contributed by atoms with van der Waals surface area (Å²) in [7, 11) is -0.405. The molecular weight excluding hydrogens is 109 g/mol. The van der Waals surface area contributed by atoms with Gasteiger partial charge in [0.15, 0.2) is 0 Å². The number of hydrogen-bond donors (Lipinski definition) is 1. The lowest BCUT2D eigenvalue weighted by Crippen LogP contribution is -1.25. The highest BCUT2D eigenvalue weighted by Gasteiger charge is 1.69. The molecule has 0 saturated carbocycles. The largest absolute Gasteiger partial charge is 0.364 e. The van der Waals surface area contributed by atoms with Crippen molar-refractivity contribution in [1.82, 2.24) is 0 Å². The Hall–Kier alpha value is 0.340. The average Bonchev–Trinajstić information content (AvgIpc) is 1.41. The van der Waals surface area contributed by atoms with Gasteiger partial charge in [0.05, 0.1) is 19.6 Å². The molecular formula is H2NO2PS. The Labute approximate surface area is 34.9 Å². The third kappa shape index (κ3) is 4.34. The molecule has 0 rings (SSSR count). The van der Waals surface area contributed by atoms with Crippen molar-refractivity contribution in [3.63, 3.8) is 0 Å². The van der Waals surface area contributed by atoms with Crippen LogP contribution in [0.25, 0.3) is 0 Å². The Balaban J connectivity index is 2.40. The quantitative estimate of drug-likeness (QED) is 0.327. The summed E-state index contributed by atoms with van der Waals surface area (Å²) in [5.74, 6) is 0. The Morgan fingerprint density at radius 1 is 2.00 bits per heavy atom. The fraction of sp³-hybridized carbons (Fsp3) is 0. The smallest absolute Gasteiger partial charge is 0.0984 e. The molecule has 1 unspecified atom stereocenters. The summed E-state index contributed by atoms with van der Waals surface area (Å²) >= 11 is 0.616. The van der Waals surface area contributed by atoms with Gasteiger partial charge in [-0.25, -0.2) is 0 Å². The number of hydrogen-bond acceptors (Lipinski definition) is 4. The van der Waals surface area contributed by atoms with Gasteiger partial charge in [0, 0.05) is 4.58 Å². The van der Waals surface area contributed by atoms with Gasteiger partial charge in [0.25, 0.3) is 0 Å². The zero-order chi connectivity index (χ0) is 4.12. The highest BCUT2D eigenvalue weighted by Crippen LogP contribution is 2.23. The normalized spacial score (nSPS) is 9.80. The first-order valence-electron chi connectivity index (χ1n) is 0.793. The van der Waals surface area contributed by atoms with E-state index in [1.165, 1.54) is 0 Å². The fourth-order valence-electron chi connectivity index (χ4n) is 0.0167. The van der Waals surface area contributed by atoms with Crippen LogP contribution >= 0.6 is 19.6 Å². The van der Waals surface area contributed by atoms with Crippen LogP contribution in [0.15, 0.2) is 4.58 Å². The molecule has 1 N–H and O–H groups in total. The predicted molar refractivity (Wildman–Crippen MR) is 23.9 cm³/mol. The van der Waals surface area contributed by atoms with Gasteiger partial charge in [-0.3, -0.25) is 0 Å². The second kappa shape index (κ2) is 4.34. The van der Waals surface area contributed by atoms with E-state index in [1.54, 1.807) is 0 Å². The first kappa shape index (κ1) is 5.34. The summed E-state index contributed by atoms with van der Waals surface area (Å²) in [4.78, 5) is 16.7. The molecule has 5 heteroatoms. The van der Waals surface area contributed by atoms with Crippen molar-refractivity contribution < 1.29 is 4.89 Å². The van der Waals surface area contributed by atoms with Crippen LogP contribution in [-0.4, -0.2) is 4.89 Å². The number of nitroso groups, excluding NO2 is 1. The van der Waals surface area contributed by atoms with E-state index in [9.17, 15) is 0 Å². The standard InChI is InChI=1S/H2NO2PS/c2-1-5-4-3/h3-4H. The van der Waals surface area contributed by atoms with Gasteiger partial charge in [0.2, 0.25) is 0 Å². The Bertz CT molecular complexity index is 30.8. The van der Waals surface area contributed by atoms with E-state index >= 15 is 0 Å². The summed E-state index contributed by atoms with van der Waals surface area (Å²) in [5, 5.41) is 0. The van der Waals surface area contributed by atoms with Crippen molar-refractivity contribution in [3.05, 3.63) is 4.91 Å². The average molecular weight is 111 g/mol. The molecule has 1 atom stereocenters. The third-order valence-electron chi connectivity index (χ3n) is 0.0781. The summed E-state index contributed by atoms with van der Waals surface area (Å²) in [6.45, 7) is 0. The van der Waals surface area contributed by atoms with Crippen LogP contribution in [-0.2, 0) is 0 Å². The first-order valence-corrected chi connectivity index (χ1v) is 3.24. The highest BCUT2D eigenvalue weighted by molar-refractivity contribution is 8.47. The topological polar surface area (TPSA) is 49.7 Å². The van der Waals surface area contributed by atoms with Crippen LogP contribution in [0, 0.1) is 4.91 Å². The summed E-state index contributed by atoms with van der Waals surface area (Å²) in [5.41, 5.74) is 0. The van der Waals surface area contributed by atoms with Gasteiger partial charge in [-0.05, 0) is 0 Å².